The molecule has 0 aliphatic carbocycles. The zero-order valence-corrected chi connectivity index (χ0v) is 10.3. The van der Waals surface area contributed by atoms with Gasteiger partial charge in [0, 0.05) is 17.5 Å². The molecule has 0 N–H and O–H groups in total. The monoisotopic (exact) mass is 223 g/mol. The molecule has 0 fully saturated rings. The second-order valence-corrected chi connectivity index (χ2v) is 4.57. The summed E-state index contributed by atoms with van der Waals surface area (Å²) in [6.07, 6.45) is 2.87. The highest BCUT2D eigenvalue weighted by atomic mass is 32.1. The van der Waals surface area contributed by atoms with Gasteiger partial charge >= 0.3 is 0 Å². The summed E-state index contributed by atoms with van der Waals surface area (Å²) in [6, 6.07) is 4.06. The number of rotatable bonds is 4. The Morgan fingerprint density at radius 1 is 1.60 bits per heavy atom. The summed E-state index contributed by atoms with van der Waals surface area (Å²) < 4.78 is 0. The summed E-state index contributed by atoms with van der Waals surface area (Å²) in [5.74, 6) is 0.116. The molecule has 0 bridgehead atoms. The van der Waals surface area contributed by atoms with Gasteiger partial charge in [-0.1, -0.05) is 19.1 Å². The zero-order valence-electron chi connectivity index (χ0n) is 9.49. The lowest BCUT2D eigenvalue weighted by molar-refractivity contribution is -0.126. The van der Waals surface area contributed by atoms with Crippen LogP contribution in [0.2, 0.25) is 0 Å². The van der Waals surface area contributed by atoms with Gasteiger partial charge in [0.25, 0.3) is 0 Å². The van der Waals surface area contributed by atoms with E-state index in [1.807, 2.05) is 44.5 Å². The molecule has 3 heteroatoms. The fourth-order valence-electron chi connectivity index (χ4n) is 1.40. The highest BCUT2D eigenvalue weighted by Crippen LogP contribution is 2.12. The molecule has 1 rings (SSSR count). The van der Waals surface area contributed by atoms with Gasteiger partial charge in [0.05, 0.1) is 6.54 Å². The second-order valence-electron chi connectivity index (χ2n) is 3.54. The van der Waals surface area contributed by atoms with Crippen LogP contribution in [-0.2, 0) is 11.3 Å². The lowest BCUT2D eigenvalue weighted by Crippen LogP contribution is -2.26. The number of amides is 1. The zero-order chi connectivity index (χ0) is 11.3. The van der Waals surface area contributed by atoms with Gasteiger partial charge < -0.3 is 4.90 Å². The molecule has 0 aliphatic rings. The molecule has 2 nitrogen and oxygen atoms in total. The standard InChI is InChI=1S/C12H17NOS/c1-4-6-10(2)12(14)13(3)9-11-7-5-8-15-11/h5-8H,4,9H2,1-3H3. The maximum absolute atomic E-state index is 11.8. The van der Waals surface area contributed by atoms with E-state index in [0.717, 1.165) is 12.0 Å². The Bertz CT molecular complexity index is 341. The first-order valence-corrected chi connectivity index (χ1v) is 5.97. The van der Waals surface area contributed by atoms with Crippen molar-refractivity contribution in [1.82, 2.24) is 4.90 Å². The van der Waals surface area contributed by atoms with Gasteiger partial charge in [0.2, 0.25) is 5.91 Å². The van der Waals surface area contributed by atoms with E-state index in [1.54, 1.807) is 16.2 Å². The largest absolute Gasteiger partial charge is 0.337 e. The van der Waals surface area contributed by atoms with Crippen LogP contribution in [0.5, 0.6) is 0 Å². The van der Waals surface area contributed by atoms with Crippen molar-refractivity contribution in [2.45, 2.75) is 26.8 Å². The van der Waals surface area contributed by atoms with Gasteiger partial charge in [-0.05, 0) is 24.8 Å². The Hall–Kier alpha value is -1.09. The van der Waals surface area contributed by atoms with Crippen LogP contribution in [-0.4, -0.2) is 17.9 Å². The topological polar surface area (TPSA) is 20.3 Å². The maximum Gasteiger partial charge on any atom is 0.249 e. The van der Waals surface area contributed by atoms with E-state index in [1.165, 1.54) is 4.88 Å². The van der Waals surface area contributed by atoms with Gasteiger partial charge in [0.1, 0.15) is 0 Å². The highest BCUT2D eigenvalue weighted by Gasteiger charge is 2.10. The molecular formula is C12H17NOS. The molecule has 1 aromatic rings. The Morgan fingerprint density at radius 3 is 2.87 bits per heavy atom. The van der Waals surface area contributed by atoms with Crippen LogP contribution in [0.4, 0.5) is 0 Å². The number of thiophene rings is 1. The van der Waals surface area contributed by atoms with E-state index in [4.69, 9.17) is 0 Å². The first-order chi connectivity index (χ1) is 7.15. The molecule has 0 unspecified atom stereocenters. The van der Waals surface area contributed by atoms with Gasteiger partial charge in [-0.15, -0.1) is 11.3 Å². The van der Waals surface area contributed by atoms with Crippen LogP contribution in [0.25, 0.3) is 0 Å². The van der Waals surface area contributed by atoms with E-state index >= 15 is 0 Å². The van der Waals surface area contributed by atoms with Gasteiger partial charge in [0.15, 0.2) is 0 Å². The average Bonchev–Trinajstić information content (AvgIpc) is 2.69. The number of allylic oxidation sites excluding steroid dienone is 1. The van der Waals surface area contributed by atoms with Gasteiger partial charge in [-0.3, -0.25) is 4.79 Å². The molecule has 0 atom stereocenters. The highest BCUT2D eigenvalue weighted by molar-refractivity contribution is 7.09. The van der Waals surface area contributed by atoms with Gasteiger partial charge in [-0.25, -0.2) is 0 Å². The van der Waals surface area contributed by atoms with E-state index in [2.05, 4.69) is 0 Å². The van der Waals surface area contributed by atoms with Crippen molar-refractivity contribution in [3.05, 3.63) is 34.0 Å². The molecule has 1 amide bonds. The third-order valence-electron chi connectivity index (χ3n) is 2.17. The second kappa shape index (κ2) is 5.71. The minimum absolute atomic E-state index is 0.116. The molecule has 15 heavy (non-hydrogen) atoms. The van der Waals surface area contributed by atoms with Crippen LogP contribution < -0.4 is 0 Å². The predicted octanol–water partition coefficient (Wildman–Crippen LogP) is 3.06. The van der Waals surface area contributed by atoms with E-state index < -0.39 is 0 Å². The minimum Gasteiger partial charge on any atom is -0.337 e. The lowest BCUT2D eigenvalue weighted by Gasteiger charge is -2.16. The van der Waals surface area contributed by atoms with Crippen molar-refractivity contribution in [1.29, 1.82) is 0 Å². The summed E-state index contributed by atoms with van der Waals surface area (Å²) in [5.41, 5.74) is 0.830. The molecule has 0 aliphatic heterocycles. The number of hydrogen-bond donors (Lipinski definition) is 0. The van der Waals surface area contributed by atoms with Crippen LogP contribution >= 0.6 is 11.3 Å². The number of nitrogens with zero attached hydrogens (tertiary/aromatic N) is 1. The molecule has 82 valence electrons. The number of carbonyl (C=O) groups is 1. The summed E-state index contributed by atoms with van der Waals surface area (Å²) in [7, 11) is 1.84. The number of hydrogen-bond acceptors (Lipinski definition) is 2. The first-order valence-electron chi connectivity index (χ1n) is 5.09. The van der Waals surface area contributed by atoms with E-state index in [0.29, 0.717) is 6.54 Å². The van der Waals surface area contributed by atoms with E-state index in [9.17, 15) is 4.79 Å². The Kier molecular flexibility index (Phi) is 4.56. The van der Waals surface area contributed by atoms with Crippen LogP contribution in [0.3, 0.4) is 0 Å². The Balaban J connectivity index is 2.57. The quantitative estimate of drug-likeness (QED) is 0.718. The van der Waals surface area contributed by atoms with Crippen molar-refractivity contribution in [2.75, 3.05) is 7.05 Å². The molecule has 0 radical (unpaired) electrons. The minimum atomic E-state index is 0.116. The van der Waals surface area contributed by atoms with Crippen molar-refractivity contribution in [3.8, 4) is 0 Å². The number of likely N-dealkylation sites (N-methyl/N-ethyl adjacent to an activating group) is 1. The van der Waals surface area contributed by atoms with E-state index in [-0.39, 0.29) is 5.91 Å². The maximum atomic E-state index is 11.8. The third kappa shape index (κ3) is 3.51. The summed E-state index contributed by atoms with van der Waals surface area (Å²) >= 11 is 1.68. The molecule has 0 saturated carbocycles. The average molecular weight is 223 g/mol. The smallest absolute Gasteiger partial charge is 0.249 e. The van der Waals surface area contributed by atoms with Crippen LogP contribution in [0.1, 0.15) is 25.1 Å². The molecule has 0 spiro atoms. The summed E-state index contributed by atoms with van der Waals surface area (Å²) in [4.78, 5) is 14.8. The summed E-state index contributed by atoms with van der Waals surface area (Å²) in [5, 5.41) is 2.03. The molecule has 1 heterocycles. The van der Waals surface area contributed by atoms with Crippen molar-refractivity contribution < 1.29 is 4.79 Å². The van der Waals surface area contributed by atoms with Crippen molar-refractivity contribution in [3.63, 3.8) is 0 Å². The molecular weight excluding hydrogens is 206 g/mol. The SMILES string of the molecule is CCC=C(C)C(=O)N(C)Cc1cccs1. The lowest BCUT2D eigenvalue weighted by atomic mass is 10.2. The fraction of sp³-hybridized carbons (Fsp3) is 0.417. The fourth-order valence-corrected chi connectivity index (χ4v) is 2.16. The summed E-state index contributed by atoms with van der Waals surface area (Å²) in [6.45, 7) is 4.61. The van der Waals surface area contributed by atoms with Crippen LogP contribution in [0, 0.1) is 0 Å². The van der Waals surface area contributed by atoms with Crippen molar-refractivity contribution in [2.24, 2.45) is 0 Å². The Labute approximate surface area is 95.2 Å². The molecule has 0 saturated heterocycles. The molecule has 1 aromatic heterocycles. The van der Waals surface area contributed by atoms with Crippen LogP contribution in [0.15, 0.2) is 29.2 Å². The third-order valence-corrected chi connectivity index (χ3v) is 3.03. The molecule has 0 aromatic carbocycles. The normalized spacial score (nSPS) is 11.5. The van der Waals surface area contributed by atoms with Crippen molar-refractivity contribution >= 4 is 17.2 Å². The first kappa shape index (κ1) is 12.0. The number of carbonyl (C=O) groups excluding carboxylic acids is 1. The predicted molar refractivity (Wildman–Crippen MR) is 64.8 cm³/mol. The Morgan fingerprint density at radius 2 is 2.33 bits per heavy atom. The van der Waals surface area contributed by atoms with Gasteiger partial charge in [-0.2, -0.15) is 0 Å².